The molecule has 0 aromatic heterocycles. The first-order valence-electron chi connectivity index (χ1n) is 4.92. The monoisotopic (exact) mass is 173 g/mol. The summed E-state index contributed by atoms with van der Waals surface area (Å²) in [6.45, 7) is 11.2. The van der Waals surface area contributed by atoms with Crippen LogP contribution in [0.15, 0.2) is 0 Å². The van der Waals surface area contributed by atoms with Crippen LogP contribution in [0.1, 0.15) is 27.2 Å². The Morgan fingerprint density at radius 2 is 2.00 bits per heavy atom. The minimum atomic E-state index is 0.771. The molecule has 0 spiro atoms. The number of rotatable bonds is 7. The van der Waals surface area contributed by atoms with Crippen LogP contribution < -0.4 is 0 Å². The second kappa shape index (κ2) is 7.56. The molecule has 0 aromatic rings. The van der Waals surface area contributed by atoms with Gasteiger partial charge in [0.15, 0.2) is 0 Å². The van der Waals surface area contributed by atoms with Gasteiger partial charge in [-0.05, 0) is 18.9 Å². The van der Waals surface area contributed by atoms with Crippen molar-refractivity contribution in [1.29, 1.82) is 0 Å². The van der Waals surface area contributed by atoms with Crippen molar-refractivity contribution in [2.75, 3.05) is 33.4 Å². The Morgan fingerprint density at radius 3 is 2.42 bits per heavy atom. The number of nitrogens with zero attached hydrogens (tertiary/aromatic N) is 1. The fourth-order valence-electron chi connectivity index (χ4n) is 1.33. The van der Waals surface area contributed by atoms with Gasteiger partial charge in [-0.2, -0.15) is 0 Å². The zero-order valence-electron chi connectivity index (χ0n) is 8.97. The van der Waals surface area contributed by atoms with Gasteiger partial charge in [0.05, 0.1) is 0 Å². The molecule has 0 bridgehead atoms. The van der Waals surface area contributed by atoms with Crippen molar-refractivity contribution in [3.05, 3.63) is 0 Å². The first-order valence-corrected chi connectivity index (χ1v) is 4.92. The van der Waals surface area contributed by atoms with E-state index in [1.807, 2.05) is 0 Å². The fourth-order valence-corrected chi connectivity index (χ4v) is 1.33. The van der Waals surface area contributed by atoms with E-state index in [2.05, 4.69) is 25.7 Å². The molecule has 2 heteroatoms. The Bertz CT molecular complexity index is 93.8. The smallest absolute Gasteiger partial charge is 0.0474 e. The second-order valence-electron chi connectivity index (χ2n) is 3.63. The molecule has 2 nitrogen and oxygen atoms in total. The Morgan fingerprint density at radius 1 is 1.33 bits per heavy atom. The summed E-state index contributed by atoms with van der Waals surface area (Å²) >= 11 is 0. The van der Waals surface area contributed by atoms with Gasteiger partial charge in [0, 0.05) is 26.8 Å². The van der Waals surface area contributed by atoms with Crippen molar-refractivity contribution < 1.29 is 4.74 Å². The summed E-state index contributed by atoms with van der Waals surface area (Å²) in [7, 11) is 1.76. The Kier molecular flexibility index (Phi) is 7.51. The SMILES string of the molecule is CCN(CCCOC)CC(C)C. The second-order valence-corrected chi connectivity index (χ2v) is 3.63. The van der Waals surface area contributed by atoms with Crippen LogP contribution in [0.3, 0.4) is 0 Å². The third kappa shape index (κ3) is 6.62. The van der Waals surface area contributed by atoms with Crippen LogP contribution in [-0.4, -0.2) is 38.3 Å². The normalized spacial score (nSPS) is 11.5. The van der Waals surface area contributed by atoms with Crippen LogP contribution in [-0.2, 0) is 4.74 Å². The molecule has 0 aliphatic heterocycles. The molecule has 0 fully saturated rings. The van der Waals surface area contributed by atoms with Gasteiger partial charge in [-0.15, -0.1) is 0 Å². The maximum absolute atomic E-state index is 5.02. The van der Waals surface area contributed by atoms with Gasteiger partial charge in [0.2, 0.25) is 0 Å². The maximum Gasteiger partial charge on any atom is 0.0474 e. The van der Waals surface area contributed by atoms with Crippen LogP contribution in [0, 0.1) is 5.92 Å². The topological polar surface area (TPSA) is 12.5 Å². The quantitative estimate of drug-likeness (QED) is 0.546. The third-order valence-corrected chi connectivity index (χ3v) is 1.89. The lowest BCUT2D eigenvalue weighted by Crippen LogP contribution is -2.29. The zero-order valence-corrected chi connectivity index (χ0v) is 8.97. The maximum atomic E-state index is 5.02. The highest BCUT2D eigenvalue weighted by Crippen LogP contribution is 1.99. The van der Waals surface area contributed by atoms with E-state index in [1.165, 1.54) is 13.1 Å². The summed E-state index contributed by atoms with van der Waals surface area (Å²) in [5.74, 6) is 0.771. The van der Waals surface area contributed by atoms with Crippen molar-refractivity contribution in [3.63, 3.8) is 0 Å². The number of ether oxygens (including phenoxy) is 1. The van der Waals surface area contributed by atoms with Crippen LogP contribution in [0.2, 0.25) is 0 Å². The molecular formula is C10H23NO. The van der Waals surface area contributed by atoms with Crippen LogP contribution in [0.25, 0.3) is 0 Å². The summed E-state index contributed by atoms with van der Waals surface area (Å²) in [4.78, 5) is 2.48. The standard InChI is InChI=1S/C10H23NO/c1-5-11(9-10(2)3)7-6-8-12-4/h10H,5-9H2,1-4H3. The average Bonchev–Trinajstić information content (AvgIpc) is 2.02. The van der Waals surface area contributed by atoms with Crippen LogP contribution in [0.4, 0.5) is 0 Å². The summed E-state index contributed by atoms with van der Waals surface area (Å²) < 4.78 is 5.02. The van der Waals surface area contributed by atoms with E-state index < -0.39 is 0 Å². The average molecular weight is 173 g/mol. The van der Waals surface area contributed by atoms with Gasteiger partial charge in [-0.25, -0.2) is 0 Å². The van der Waals surface area contributed by atoms with Gasteiger partial charge in [0.1, 0.15) is 0 Å². The van der Waals surface area contributed by atoms with E-state index in [0.29, 0.717) is 0 Å². The van der Waals surface area contributed by atoms with Gasteiger partial charge in [0.25, 0.3) is 0 Å². The largest absolute Gasteiger partial charge is 0.385 e. The number of hydrogen-bond acceptors (Lipinski definition) is 2. The fraction of sp³-hybridized carbons (Fsp3) is 1.00. The molecule has 74 valence electrons. The Balaban J connectivity index is 3.39. The summed E-state index contributed by atoms with van der Waals surface area (Å²) in [5.41, 5.74) is 0. The predicted molar refractivity (Wildman–Crippen MR) is 53.4 cm³/mol. The molecule has 0 unspecified atom stereocenters. The third-order valence-electron chi connectivity index (χ3n) is 1.89. The van der Waals surface area contributed by atoms with E-state index in [-0.39, 0.29) is 0 Å². The molecule has 12 heavy (non-hydrogen) atoms. The molecule has 0 saturated heterocycles. The van der Waals surface area contributed by atoms with E-state index in [9.17, 15) is 0 Å². The highest BCUT2D eigenvalue weighted by Gasteiger charge is 2.03. The molecule has 0 aromatic carbocycles. The number of methoxy groups -OCH3 is 1. The highest BCUT2D eigenvalue weighted by atomic mass is 16.5. The molecule has 0 saturated carbocycles. The molecule has 0 rings (SSSR count). The van der Waals surface area contributed by atoms with Crippen LogP contribution in [0.5, 0.6) is 0 Å². The molecular weight excluding hydrogens is 150 g/mol. The van der Waals surface area contributed by atoms with Crippen molar-refractivity contribution in [2.45, 2.75) is 27.2 Å². The van der Waals surface area contributed by atoms with Gasteiger partial charge in [-0.1, -0.05) is 20.8 Å². The van der Waals surface area contributed by atoms with Gasteiger partial charge < -0.3 is 9.64 Å². The predicted octanol–water partition coefficient (Wildman–Crippen LogP) is 2.00. The van der Waals surface area contributed by atoms with Crippen molar-refractivity contribution in [2.24, 2.45) is 5.92 Å². The molecule has 0 heterocycles. The van der Waals surface area contributed by atoms with Crippen molar-refractivity contribution in [3.8, 4) is 0 Å². The summed E-state index contributed by atoms with van der Waals surface area (Å²) in [5, 5.41) is 0. The first kappa shape index (κ1) is 11.9. The molecule has 0 N–H and O–H groups in total. The lowest BCUT2D eigenvalue weighted by Gasteiger charge is -2.21. The van der Waals surface area contributed by atoms with E-state index in [0.717, 1.165) is 25.5 Å². The summed E-state index contributed by atoms with van der Waals surface area (Å²) in [6.07, 6.45) is 1.15. The minimum Gasteiger partial charge on any atom is -0.385 e. The van der Waals surface area contributed by atoms with Crippen molar-refractivity contribution >= 4 is 0 Å². The summed E-state index contributed by atoms with van der Waals surface area (Å²) in [6, 6.07) is 0. The first-order chi connectivity index (χ1) is 5.70. The highest BCUT2D eigenvalue weighted by molar-refractivity contribution is 4.57. The molecule has 0 aliphatic rings. The molecule has 0 atom stereocenters. The lowest BCUT2D eigenvalue weighted by atomic mass is 10.2. The number of hydrogen-bond donors (Lipinski definition) is 0. The Hall–Kier alpha value is -0.0800. The lowest BCUT2D eigenvalue weighted by molar-refractivity contribution is 0.168. The van der Waals surface area contributed by atoms with Gasteiger partial charge in [-0.3, -0.25) is 0 Å². The van der Waals surface area contributed by atoms with E-state index in [1.54, 1.807) is 7.11 Å². The minimum absolute atomic E-state index is 0.771. The molecule has 0 amide bonds. The van der Waals surface area contributed by atoms with Crippen molar-refractivity contribution in [1.82, 2.24) is 4.90 Å². The molecule has 0 radical (unpaired) electrons. The molecule has 0 aliphatic carbocycles. The van der Waals surface area contributed by atoms with E-state index >= 15 is 0 Å². The zero-order chi connectivity index (χ0) is 9.40. The van der Waals surface area contributed by atoms with Gasteiger partial charge >= 0.3 is 0 Å². The van der Waals surface area contributed by atoms with Crippen LogP contribution >= 0.6 is 0 Å². The Labute approximate surface area is 76.9 Å². The van der Waals surface area contributed by atoms with E-state index in [4.69, 9.17) is 4.74 Å².